The molecule has 7 nitrogen and oxygen atoms in total. The van der Waals surface area contributed by atoms with Crippen LogP contribution in [0.1, 0.15) is 11.7 Å². The van der Waals surface area contributed by atoms with Crippen molar-refractivity contribution in [3.8, 4) is 5.75 Å². The van der Waals surface area contributed by atoms with E-state index in [4.69, 9.17) is 0 Å². The molecular formula is C14H11F3N2O5. The lowest BCUT2D eigenvalue weighted by molar-refractivity contribution is -0.385. The number of ether oxygens (including phenoxy) is 1. The number of hydrogen-bond donors (Lipinski definition) is 1. The molecule has 24 heavy (non-hydrogen) atoms. The molecule has 1 heterocycles. The molecule has 0 fully saturated rings. The summed E-state index contributed by atoms with van der Waals surface area (Å²) in [7, 11) is 0. The largest absolute Gasteiger partial charge is 0.573 e. The summed E-state index contributed by atoms with van der Waals surface area (Å²) in [6.45, 7) is -0.292. The van der Waals surface area contributed by atoms with Crippen LogP contribution in [0.4, 0.5) is 18.9 Å². The van der Waals surface area contributed by atoms with Gasteiger partial charge >= 0.3 is 6.36 Å². The van der Waals surface area contributed by atoms with Crippen molar-refractivity contribution >= 4 is 5.69 Å². The minimum Gasteiger partial charge on any atom is -0.406 e. The van der Waals surface area contributed by atoms with E-state index >= 15 is 0 Å². The third-order valence-corrected chi connectivity index (χ3v) is 3.05. The van der Waals surface area contributed by atoms with Gasteiger partial charge < -0.3 is 14.4 Å². The molecule has 0 aliphatic carbocycles. The Balaban J connectivity index is 2.15. The van der Waals surface area contributed by atoms with Crippen LogP contribution in [0, 0.1) is 10.1 Å². The first kappa shape index (κ1) is 17.5. The van der Waals surface area contributed by atoms with Crippen LogP contribution in [0.3, 0.4) is 0 Å². The standard InChI is InChI=1S/C14H11F3N2O5/c15-14(16,17)24-11-4-1-9(2-5-11)12(20)8-18-7-10(19(22)23)3-6-13(18)21/h1-7,12,20H,8H2/t12-/m0/s1. The van der Waals surface area contributed by atoms with Gasteiger partial charge in [0.1, 0.15) is 5.75 Å². The van der Waals surface area contributed by atoms with Gasteiger partial charge in [-0.25, -0.2) is 0 Å². The maximum absolute atomic E-state index is 12.1. The quantitative estimate of drug-likeness (QED) is 0.664. The van der Waals surface area contributed by atoms with Crippen molar-refractivity contribution in [3.05, 3.63) is 68.6 Å². The highest BCUT2D eigenvalue weighted by atomic mass is 19.4. The van der Waals surface area contributed by atoms with Gasteiger partial charge in [-0.15, -0.1) is 13.2 Å². The summed E-state index contributed by atoms with van der Waals surface area (Å²) in [6, 6.07) is 6.46. The first-order valence-corrected chi connectivity index (χ1v) is 6.54. The van der Waals surface area contributed by atoms with Crippen molar-refractivity contribution < 1.29 is 27.9 Å². The first-order chi connectivity index (χ1) is 11.2. The Labute approximate surface area is 132 Å². The zero-order valence-corrected chi connectivity index (χ0v) is 11.9. The maximum atomic E-state index is 12.1. The highest BCUT2D eigenvalue weighted by molar-refractivity contribution is 5.29. The van der Waals surface area contributed by atoms with Gasteiger partial charge in [0.05, 0.1) is 23.8 Å². The zero-order chi connectivity index (χ0) is 17.9. The Morgan fingerprint density at radius 3 is 2.38 bits per heavy atom. The Morgan fingerprint density at radius 2 is 1.83 bits per heavy atom. The van der Waals surface area contributed by atoms with E-state index in [9.17, 15) is 33.2 Å². The monoisotopic (exact) mass is 344 g/mol. The molecule has 0 aliphatic rings. The predicted octanol–water partition coefficient (Wildman–Crippen LogP) is 2.39. The molecule has 0 saturated heterocycles. The molecule has 0 unspecified atom stereocenters. The van der Waals surface area contributed by atoms with Crippen LogP contribution in [-0.4, -0.2) is 21.0 Å². The first-order valence-electron chi connectivity index (χ1n) is 6.54. The molecule has 0 bridgehead atoms. The van der Waals surface area contributed by atoms with Gasteiger partial charge in [0.15, 0.2) is 0 Å². The summed E-state index contributed by atoms with van der Waals surface area (Å²) in [5.74, 6) is -0.453. The molecule has 1 N–H and O–H groups in total. The maximum Gasteiger partial charge on any atom is 0.573 e. The Kier molecular flexibility index (Phi) is 4.88. The fourth-order valence-corrected chi connectivity index (χ4v) is 1.95. The molecule has 1 aromatic carbocycles. The van der Waals surface area contributed by atoms with Crippen LogP contribution in [0.25, 0.3) is 0 Å². The second-order valence-corrected chi connectivity index (χ2v) is 4.77. The molecule has 2 aromatic rings. The van der Waals surface area contributed by atoms with Gasteiger partial charge in [0.2, 0.25) is 0 Å². The van der Waals surface area contributed by atoms with E-state index in [1.54, 1.807) is 0 Å². The van der Waals surface area contributed by atoms with Gasteiger partial charge in [0, 0.05) is 12.1 Å². The zero-order valence-electron chi connectivity index (χ0n) is 11.9. The van der Waals surface area contributed by atoms with E-state index < -0.39 is 28.7 Å². The van der Waals surface area contributed by atoms with Crippen molar-refractivity contribution in [3.63, 3.8) is 0 Å². The molecular weight excluding hydrogens is 333 g/mol. The van der Waals surface area contributed by atoms with Crippen LogP contribution >= 0.6 is 0 Å². The van der Waals surface area contributed by atoms with Gasteiger partial charge in [-0.3, -0.25) is 14.9 Å². The molecule has 0 amide bonds. The lowest BCUT2D eigenvalue weighted by Gasteiger charge is -2.14. The lowest BCUT2D eigenvalue weighted by Crippen LogP contribution is -2.22. The highest BCUT2D eigenvalue weighted by Crippen LogP contribution is 2.24. The van der Waals surface area contributed by atoms with E-state index in [2.05, 4.69) is 4.74 Å². The fourth-order valence-electron chi connectivity index (χ4n) is 1.95. The molecule has 2 rings (SSSR count). The molecule has 1 atom stereocenters. The van der Waals surface area contributed by atoms with Gasteiger partial charge in [0.25, 0.3) is 11.2 Å². The average molecular weight is 344 g/mol. The van der Waals surface area contributed by atoms with E-state index in [0.29, 0.717) is 0 Å². The summed E-state index contributed by atoms with van der Waals surface area (Å²) in [5, 5.41) is 20.8. The van der Waals surface area contributed by atoms with Crippen molar-refractivity contribution in [2.45, 2.75) is 19.0 Å². The molecule has 0 spiro atoms. The van der Waals surface area contributed by atoms with Crippen LogP contribution in [0.2, 0.25) is 0 Å². The average Bonchev–Trinajstić information content (AvgIpc) is 2.48. The third kappa shape index (κ3) is 4.56. The number of rotatable bonds is 5. The predicted molar refractivity (Wildman–Crippen MR) is 75.4 cm³/mol. The number of benzene rings is 1. The molecule has 0 saturated carbocycles. The number of nitrogens with zero attached hydrogens (tertiary/aromatic N) is 2. The van der Waals surface area contributed by atoms with Crippen molar-refractivity contribution in [1.29, 1.82) is 0 Å². The smallest absolute Gasteiger partial charge is 0.406 e. The Hall–Kier alpha value is -2.88. The summed E-state index contributed by atoms with van der Waals surface area (Å²) < 4.78 is 40.9. The minimum absolute atomic E-state index is 0.225. The van der Waals surface area contributed by atoms with Crippen LogP contribution in [0.5, 0.6) is 5.75 Å². The number of halogens is 3. The molecule has 1 aromatic heterocycles. The molecule has 0 radical (unpaired) electrons. The SMILES string of the molecule is O=c1ccc([N+](=O)[O-])cn1C[C@H](O)c1ccc(OC(F)(F)F)cc1. The van der Waals surface area contributed by atoms with Crippen LogP contribution in [0.15, 0.2) is 47.4 Å². The van der Waals surface area contributed by atoms with E-state index in [-0.39, 0.29) is 17.8 Å². The van der Waals surface area contributed by atoms with E-state index in [1.807, 2.05) is 0 Å². The molecule has 10 heteroatoms. The third-order valence-electron chi connectivity index (χ3n) is 3.05. The fraction of sp³-hybridized carbons (Fsp3) is 0.214. The normalized spacial score (nSPS) is 12.7. The Morgan fingerprint density at radius 1 is 1.21 bits per heavy atom. The van der Waals surface area contributed by atoms with Crippen molar-refractivity contribution in [2.24, 2.45) is 0 Å². The summed E-state index contributed by atoms with van der Waals surface area (Å²) in [6.07, 6.45) is -5.09. The van der Waals surface area contributed by atoms with Crippen LogP contribution in [-0.2, 0) is 6.54 Å². The van der Waals surface area contributed by atoms with Gasteiger partial charge in [-0.2, -0.15) is 0 Å². The summed E-state index contributed by atoms with van der Waals surface area (Å²) in [5.41, 5.74) is -0.657. The topological polar surface area (TPSA) is 94.6 Å². The number of aliphatic hydroxyl groups is 1. The van der Waals surface area contributed by atoms with Crippen LogP contribution < -0.4 is 10.3 Å². The number of aliphatic hydroxyl groups excluding tert-OH is 1. The molecule has 128 valence electrons. The Bertz CT molecular complexity index is 786. The number of nitro groups is 1. The lowest BCUT2D eigenvalue weighted by atomic mass is 10.1. The number of hydrogen-bond acceptors (Lipinski definition) is 5. The summed E-state index contributed by atoms with van der Waals surface area (Å²) >= 11 is 0. The number of aromatic nitrogens is 1. The van der Waals surface area contributed by atoms with Crippen molar-refractivity contribution in [2.75, 3.05) is 0 Å². The van der Waals surface area contributed by atoms with Gasteiger partial charge in [-0.1, -0.05) is 12.1 Å². The number of pyridine rings is 1. The second kappa shape index (κ2) is 6.71. The van der Waals surface area contributed by atoms with E-state index in [0.717, 1.165) is 35.0 Å². The minimum atomic E-state index is -4.82. The van der Waals surface area contributed by atoms with Crippen molar-refractivity contribution in [1.82, 2.24) is 4.57 Å². The number of alkyl halides is 3. The highest BCUT2D eigenvalue weighted by Gasteiger charge is 2.31. The summed E-state index contributed by atoms with van der Waals surface area (Å²) in [4.78, 5) is 21.7. The van der Waals surface area contributed by atoms with Gasteiger partial charge in [-0.05, 0) is 17.7 Å². The molecule has 0 aliphatic heterocycles. The second-order valence-electron chi connectivity index (χ2n) is 4.77. The van der Waals surface area contributed by atoms with E-state index in [1.165, 1.54) is 12.1 Å².